The van der Waals surface area contributed by atoms with Gasteiger partial charge in [-0.3, -0.25) is 20.0 Å². The fourth-order valence-electron chi connectivity index (χ4n) is 6.30. The molecule has 1 N–H and O–H groups in total. The summed E-state index contributed by atoms with van der Waals surface area (Å²) in [4.78, 5) is 36.0. The Balaban J connectivity index is 1.50. The highest BCUT2D eigenvalue weighted by Crippen LogP contribution is 2.51. The van der Waals surface area contributed by atoms with Gasteiger partial charge in [-0.2, -0.15) is 5.26 Å². The summed E-state index contributed by atoms with van der Waals surface area (Å²) < 4.78 is 41.1. The lowest BCUT2D eigenvalue weighted by Crippen LogP contribution is -2.60. The van der Waals surface area contributed by atoms with Crippen LogP contribution in [0.15, 0.2) is 90.1 Å². The number of amides is 2. The van der Waals surface area contributed by atoms with Crippen LogP contribution in [0.2, 0.25) is 0 Å². The summed E-state index contributed by atoms with van der Waals surface area (Å²) in [6.07, 6.45) is 3.43. The molecule has 0 saturated carbocycles. The van der Waals surface area contributed by atoms with Gasteiger partial charge in [0, 0.05) is 55.4 Å². The molecule has 3 heterocycles. The number of aromatic nitrogens is 1. The number of hydrazine groups is 1. The number of hydrogen-bond acceptors (Lipinski definition) is 10. The molecule has 1 atom stereocenters. The van der Waals surface area contributed by atoms with Crippen molar-refractivity contribution in [1.29, 1.82) is 5.26 Å². The SMILES string of the molecule is CCOc1ccccc1C1(C(=O)NN2CCN(c3ccncc3)CC2)C(=O)N(S(=O)(=O)c2ccc(C)cc2OC)c2ccc(C#N)cc21. The van der Waals surface area contributed by atoms with Crippen LogP contribution in [0.1, 0.15) is 29.2 Å². The van der Waals surface area contributed by atoms with Crippen molar-refractivity contribution in [2.75, 3.05) is 49.1 Å². The summed E-state index contributed by atoms with van der Waals surface area (Å²) in [6.45, 7) is 5.75. The molecular formula is C35H34N6O6S. The molecule has 1 saturated heterocycles. The third kappa shape index (κ3) is 5.38. The van der Waals surface area contributed by atoms with Crippen LogP contribution in [0.3, 0.4) is 0 Å². The van der Waals surface area contributed by atoms with Crippen molar-refractivity contribution in [3.05, 3.63) is 107 Å². The Morgan fingerprint density at radius 3 is 2.40 bits per heavy atom. The Kier molecular flexibility index (Phi) is 8.79. The van der Waals surface area contributed by atoms with Gasteiger partial charge in [-0.15, -0.1) is 0 Å². The largest absolute Gasteiger partial charge is 0.495 e. The van der Waals surface area contributed by atoms with Crippen LogP contribution < -0.4 is 24.1 Å². The number of nitrogens with zero attached hydrogens (tertiary/aromatic N) is 5. The van der Waals surface area contributed by atoms with E-state index in [1.54, 1.807) is 67.6 Å². The maximum Gasteiger partial charge on any atom is 0.274 e. The number of pyridine rings is 1. The Morgan fingerprint density at radius 2 is 1.71 bits per heavy atom. The lowest BCUT2D eigenvalue weighted by atomic mass is 9.73. The van der Waals surface area contributed by atoms with Gasteiger partial charge in [0.15, 0.2) is 5.41 Å². The number of sulfonamides is 1. The summed E-state index contributed by atoms with van der Waals surface area (Å²) >= 11 is 0. The molecule has 2 amide bonds. The maximum absolute atomic E-state index is 15.1. The minimum atomic E-state index is -4.66. The molecule has 1 fully saturated rings. The minimum absolute atomic E-state index is 0.0429. The van der Waals surface area contributed by atoms with Crippen LogP contribution in [-0.2, 0) is 25.0 Å². The predicted molar refractivity (Wildman–Crippen MR) is 178 cm³/mol. The van der Waals surface area contributed by atoms with Crippen LogP contribution in [0.4, 0.5) is 11.4 Å². The smallest absolute Gasteiger partial charge is 0.274 e. The third-order valence-corrected chi connectivity index (χ3v) is 10.3. The molecule has 0 spiro atoms. The summed E-state index contributed by atoms with van der Waals surface area (Å²) in [5.74, 6) is -1.54. The number of ether oxygens (including phenoxy) is 2. The molecule has 2 aliphatic rings. The Labute approximate surface area is 279 Å². The number of nitrogens with one attached hydrogen (secondary N) is 1. The normalized spacial score (nSPS) is 17.8. The number of nitriles is 1. The van der Waals surface area contributed by atoms with Crippen LogP contribution in [0, 0.1) is 18.3 Å². The van der Waals surface area contributed by atoms with Crippen LogP contribution in [0.5, 0.6) is 11.5 Å². The molecule has 3 aromatic carbocycles. The van der Waals surface area contributed by atoms with Crippen molar-refractivity contribution in [2.45, 2.75) is 24.2 Å². The van der Waals surface area contributed by atoms with Gasteiger partial charge in [-0.25, -0.2) is 17.7 Å². The summed E-state index contributed by atoms with van der Waals surface area (Å²) in [7, 11) is -3.31. The average molecular weight is 667 g/mol. The molecule has 12 nitrogen and oxygen atoms in total. The maximum atomic E-state index is 15.1. The van der Waals surface area contributed by atoms with Crippen molar-refractivity contribution < 1.29 is 27.5 Å². The average Bonchev–Trinajstić information content (AvgIpc) is 3.37. The van der Waals surface area contributed by atoms with E-state index in [1.165, 1.54) is 31.4 Å². The van der Waals surface area contributed by atoms with E-state index >= 15 is 4.79 Å². The number of hydrogen-bond donors (Lipinski definition) is 1. The molecule has 4 aromatic rings. The second-order valence-corrected chi connectivity index (χ2v) is 13.1. The van der Waals surface area contributed by atoms with Crippen molar-refractivity contribution in [2.24, 2.45) is 0 Å². The molecule has 13 heteroatoms. The van der Waals surface area contributed by atoms with Crippen molar-refractivity contribution >= 4 is 33.2 Å². The first-order valence-corrected chi connectivity index (χ1v) is 16.8. The fourth-order valence-corrected chi connectivity index (χ4v) is 7.91. The van der Waals surface area contributed by atoms with Gasteiger partial charge in [0.25, 0.3) is 21.8 Å². The predicted octanol–water partition coefficient (Wildman–Crippen LogP) is 3.54. The zero-order valence-electron chi connectivity index (χ0n) is 26.7. The van der Waals surface area contributed by atoms with Gasteiger partial charge in [-0.05, 0) is 67.9 Å². The van der Waals surface area contributed by atoms with Crippen LogP contribution in [-0.4, -0.2) is 70.1 Å². The molecule has 6 rings (SSSR count). The monoisotopic (exact) mass is 666 g/mol. The first kappa shape index (κ1) is 32.5. The van der Waals surface area contributed by atoms with E-state index < -0.39 is 27.3 Å². The molecule has 246 valence electrons. The Morgan fingerprint density at radius 1 is 0.979 bits per heavy atom. The Bertz CT molecular complexity index is 2020. The molecule has 0 aliphatic carbocycles. The van der Waals surface area contributed by atoms with Crippen LogP contribution >= 0.6 is 0 Å². The first-order chi connectivity index (χ1) is 23.2. The highest BCUT2D eigenvalue weighted by molar-refractivity contribution is 7.93. The number of fused-ring (bicyclic) bond motifs is 1. The number of para-hydroxylation sites is 1. The molecule has 0 radical (unpaired) electrons. The summed E-state index contributed by atoms with van der Waals surface area (Å²) in [6, 6.07) is 21.2. The van der Waals surface area contributed by atoms with E-state index in [2.05, 4.69) is 21.4 Å². The quantitative estimate of drug-likeness (QED) is 0.263. The van der Waals surface area contributed by atoms with E-state index in [0.717, 1.165) is 11.3 Å². The van der Waals surface area contributed by atoms with Gasteiger partial charge in [0.1, 0.15) is 16.4 Å². The molecule has 1 unspecified atom stereocenters. The van der Waals surface area contributed by atoms with Gasteiger partial charge < -0.3 is 14.4 Å². The highest BCUT2D eigenvalue weighted by Gasteiger charge is 2.62. The lowest BCUT2D eigenvalue weighted by molar-refractivity contribution is -0.136. The summed E-state index contributed by atoms with van der Waals surface area (Å²) in [5, 5.41) is 11.6. The van der Waals surface area contributed by atoms with E-state index in [1.807, 2.05) is 12.1 Å². The number of carbonyl (C=O) groups is 2. The number of carbonyl (C=O) groups excluding carboxylic acids is 2. The van der Waals surface area contributed by atoms with Crippen molar-refractivity contribution in [3.8, 4) is 17.6 Å². The number of methoxy groups -OCH3 is 1. The zero-order chi connectivity index (χ0) is 34.1. The second-order valence-electron chi connectivity index (χ2n) is 11.4. The number of rotatable bonds is 9. The fraction of sp³-hybridized carbons (Fsp3) is 0.257. The van der Waals surface area contributed by atoms with Gasteiger partial charge in [0.2, 0.25) is 0 Å². The van der Waals surface area contributed by atoms with Gasteiger partial charge in [0.05, 0.1) is 31.0 Å². The summed E-state index contributed by atoms with van der Waals surface area (Å²) in [5.41, 5.74) is 2.72. The molecule has 2 aliphatic heterocycles. The number of piperazine rings is 1. The van der Waals surface area contributed by atoms with Gasteiger partial charge in [-0.1, -0.05) is 24.3 Å². The standard InChI is InChI=1S/C35H34N6O6S/c1-4-47-30-8-6-5-7-27(30)35(33(42)38-40-19-17-39(18-20-40)26-13-15-37-16-14-26)28-22-25(23-36)10-11-29(28)41(34(35)43)48(44,45)32-12-9-24(2)21-31(32)46-3/h5-16,21-22H,4,17-20H2,1-3H3,(H,38,42). The Hall–Kier alpha value is -5.45. The first-order valence-electron chi connectivity index (χ1n) is 15.4. The van der Waals surface area contributed by atoms with E-state index in [4.69, 9.17) is 9.47 Å². The number of benzene rings is 3. The molecular weight excluding hydrogens is 632 g/mol. The van der Waals surface area contributed by atoms with E-state index in [9.17, 15) is 18.5 Å². The number of aryl methyl sites for hydroxylation is 1. The lowest BCUT2D eigenvalue weighted by Gasteiger charge is -2.38. The van der Waals surface area contributed by atoms with E-state index in [0.29, 0.717) is 30.5 Å². The topological polar surface area (TPSA) is 145 Å². The van der Waals surface area contributed by atoms with Crippen LogP contribution in [0.25, 0.3) is 0 Å². The zero-order valence-corrected chi connectivity index (χ0v) is 27.5. The molecule has 1 aromatic heterocycles. The van der Waals surface area contributed by atoms with Crippen molar-refractivity contribution in [1.82, 2.24) is 15.4 Å². The highest BCUT2D eigenvalue weighted by atomic mass is 32.2. The molecule has 48 heavy (non-hydrogen) atoms. The minimum Gasteiger partial charge on any atom is -0.495 e. The number of anilines is 2. The molecule has 0 bridgehead atoms. The second kappa shape index (κ2) is 13.0. The van der Waals surface area contributed by atoms with E-state index in [-0.39, 0.29) is 45.4 Å². The van der Waals surface area contributed by atoms with Crippen molar-refractivity contribution in [3.63, 3.8) is 0 Å². The third-order valence-electron chi connectivity index (χ3n) is 8.59. The van der Waals surface area contributed by atoms with Gasteiger partial charge >= 0.3 is 0 Å².